The number of carbonyl (C=O) groups excluding carboxylic acids is 13. The monoisotopic (exact) mass is 1500 g/mol. The Hall–Kier alpha value is -9.89. The number of benzene rings is 2. The van der Waals surface area contributed by atoms with Crippen LogP contribution in [0.4, 0.5) is 0 Å². The molecule has 2 aromatic rings. The van der Waals surface area contributed by atoms with E-state index in [2.05, 4.69) is 76.4 Å². The van der Waals surface area contributed by atoms with E-state index >= 15 is 0 Å². The minimum Gasteiger partial charge on any atom is -0.481 e. The lowest BCUT2D eigenvalue weighted by molar-refractivity contribution is -0.144. The van der Waals surface area contributed by atoms with Gasteiger partial charge in [0.1, 0.15) is 78.5 Å². The van der Waals surface area contributed by atoms with Crippen LogP contribution in [0.2, 0.25) is 0 Å². The summed E-state index contributed by atoms with van der Waals surface area (Å²) in [6.45, 7) is 12.7. The number of rotatable bonds is 47. The molecule has 0 heterocycles. The first-order valence-electron chi connectivity index (χ1n) is 33.9. The van der Waals surface area contributed by atoms with Crippen LogP contribution in [0, 0.1) is 17.8 Å². The Morgan fingerprint density at radius 1 is 0.371 bits per heavy atom. The zero-order chi connectivity index (χ0) is 79.7. The van der Waals surface area contributed by atoms with E-state index in [1.54, 1.807) is 60.7 Å². The molecule has 38 heteroatoms. The van der Waals surface area contributed by atoms with Gasteiger partial charge in [-0.15, -0.1) is 0 Å². The van der Waals surface area contributed by atoms with E-state index in [9.17, 15) is 107 Å². The molecule has 584 valence electrons. The van der Waals surface area contributed by atoms with Crippen molar-refractivity contribution in [2.75, 3.05) is 12.3 Å². The number of nitrogens with two attached hydrogens (primary N) is 3. The molecule has 0 aromatic heterocycles. The zero-order valence-electron chi connectivity index (χ0n) is 59.9. The molecular weight excluding hydrogens is 1400 g/mol. The number of aliphatic carboxylic acids is 3. The summed E-state index contributed by atoms with van der Waals surface area (Å²) in [5.74, 6) is -22.0. The fraction of sp³-hybridized carbons (Fsp3) is 0.582. The molecular formula is C67H103N15O22S. The standard InChI is InChI=1S/C67H103N15O22S/c1-31(2)50(78-56(92)39(22-16-17-25-68)71-62(98)49(70)34(7)83)63(99)72-40(23-24-47(87)88)55(91)73-42(27-38-20-14-11-15-21-38)59(95)81-53(35(8)84)65(101)76-41(26-37-18-12-10-13-19-37)57(93)77-45(30-105)61(97)74-43(28-46(69)86)58(94)75-44(29-48(89)90)60(96)82-54(36(9)85)66(102)79-51(32(3)4)64(100)80-52(33(5)6)67(103)104/h10-15,18-21,31-36,39-45,49-54,83-85,105H,16-17,22-30,68,70H2,1-9H3,(H2,69,86)(H,71,98)(H,72,99)(H,73,91)(H,74,97)(H,75,94)(H,76,101)(H,77,93)(H,78,92)(H,79,102)(H,80,100)(H,81,95)(H,82,96)(H,87,88)(H,89,90)(H,103,104)/t34-,35-,36-,39+,40+,41+,42+,43+,44+,45+,49+,50+,51+,52+,53+,54+/m1/s1. The molecule has 0 bridgehead atoms. The van der Waals surface area contributed by atoms with Crippen molar-refractivity contribution in [2.24, 2.45) is 35.0 Å². The number of primary amides is 1. The SMILES string of the molecule is CC(C)[C@H](NC(=O)[C@@H](NC(=O)[C@@H](NC(=O)[C@H](CC(=O)O)NC(=O)[C@H](CC(N)=O)NC(=O)[C@H](CS)NC(=O)[C@H](Cc1ccccc1)NC(=O)[C@@H](NC(=O)[C@H](Cc1ccccc1)NC(=O)[C@H](CCC(=O)O)NC(=O)[C@@H](NC(=O)[C@H](CCCCN)NC(=O)[C@@H](N)[C@@H](C)O)C(C)C)[C@@H](C)O)[C@@H](C)O)C(C)C)C(=O)O. The first-order chi connectivity index (χ1) is 49.1. The van der Waals surface area contributed by atoms with Gasteiger partial charge >= 0.3 is 17.9 Å². The van der Waals surface area contributed by atoms with Gasteiger partial charge < -0.3 is 112 Å². The fourth-order valence-electron chi connectivity index (χ4n) is 10.1. The second-order valence-electron chi connectivity index (χ2n) is 26.2. The number of carboxylic acid groups (broad SMARTS) is 3. The molecule has 24 N–H and O–H groups in total. The molecule has 0 saturated carbocycles. The number of nitrogens with one attached hydrogen (secondary N) is 12. The molecule has 0 fully saturated rings. The Kier molecular flexibility index (Phi) is 39.4. The van der Waals surface area contributed by atoms with Crippen molar-refractivity contribution in [1.29, 1.82) is 0 Å². The smallest absolute Gasteiger partial charge is 0.326 e. The van der Waals surface area contributed by atoms with Crippen LogP contribution >= 0.6 is 12.6 Å². The summed E-state index contributed by atoms with van der Waals surface area (Å²) in [7, 11) is 0. The molecule has 0 spiro atoms. The first kappa shape index (κ1) is 91.2. The van der Waals surface area contributed by atoms with Crippen molar-refractivity contribution in [3.63, 3.8) is 0 Å². The minimum absolute atomic E-state index is 0.0287. The Morgan fingerprint density at radius 3 is 1.11 bits per heavy atom. The highest BCUT2D eigenvalue weighted by Gasteiger charge is 2.40. The lowest BCUT2D eigenvalue weighted by Gasteiger charge is -2.29. The second-order valence-corrected chi connectivity index (χ2v) is 26.6. The van der Waals surface area contributed by atoms with E-state index in [0.29, 0.717) is 24.0 Å². The predicted octanol–water partition coefficient (Wildman–Crippen LogP) is -5.91. The number of aliphatic hydroxyl groups excluding tert-OH is 3. The van der Waals surface area contributed by atoms with E-state index in [1.165, 1.54) is 48.5 Å². The van der Waals surface area contributed by atoms with Crippen molar-refractivity contribution in [2.45, 2.75) is 217 Å². The Balaban J connectivity index is 2.53. The first-order valence-corrected chi connectivity index (χ1v) is 34.6. The third kappa shape index (κ3) is 31.9. The van der Waals surface area contributed by atoms with Crippen LogP contribution in [0.15, 0.2) is 60.7 Å². The summed E-state index contributed by atoms with van der Waals surface area (Å²) in [5.41, 5.74) is 17.7. The zero-order valence-corrected chi connectivity index (χ0v) is 60.8. The molecule has 0 aliphatic carbocycles. The minimum atomic E-state index is -2.14. The summed E-state index contributed by atoms with van der Waals surface area (Å²) in [6, 6.07) is -6.18. The fourth-order valence-corrected chi connectivity index (χ4v) is 10.4. The van der Waals surface area contributed by atoms with Crippen molar-refractivity contribution >= 4 is 107 Å². The Labute approximate surface area is 612 Å². The van der Waals surface area contributed by atoms with Crippen molar-refractivity contribution < 1.29 is 107 Å². The highest BCUT2D eigenvalue weighted by molar-refractivity contribution is 7.80. The van der Waals surface area contributed by atoms with Crippen LogP contribution in [0.25, 0.3) is 0 Å². The number of hydrogen-bond acceptors (Lipinski definition) is 22. The third-order valence-corrected chi connectivity index (χ3v) is 16.6. The van der Waals surface area contributed by atoms with Gasteiger partial charge in [0, 0.05) is 25.0 Å². The molecule has 2 rings (SSSR count). The van der Waals surface area contributed by atoms with E-state index < -0.39 is 241 Å². The molecule has 0 unspecified atom stereocenters. The van der Waals surface area contributed by atoms with Crippen LogP contribution in [-0.2, 0) is 89.6 Å². The van der Waals surface area contributed by atoms with Gasteiger partial charge in [-0.2, -0.15) is 12.6 Å². The van der Waals surface area contributed by atoms with Gasteiger partial charge in [0.05, 0.1) is 31.2 Å². The molecule has 105 heavy (non-hydrogen) atoms. The molecule has 13 amide bonds. The van der Waals surface area contributed by atoms with Gasteiger partial charge in [-0.3, -0.25) is 71.9 Å². The summed E-state index contributed by atoms with van der Waals surface area (Å²) >= 11 is 4.19. The predicted molar refractivity (Wildman–Crippen MR) is 378 cm³/mol. The van der Waals surface area contributed by atoms with Crippen LogP contribution in [0.3, 0.4) is 0 Å². The molecule has 37 nitrogen and oxygen atoms in total. The summed E-state index contributed by atoms with van der Waals surface area (Å²) in [5, 5.41) is 89.1. The quantitative estimate of drug-likeness (QED) is 0.0217. The largest absolute Gasteiger partial charge is 0.481 e. The lowest BCUT2D eigenvalue weighted by Crippen LogP contribution is -2.63. The van der Waals surface area contributed by atoms with Crippen molar-refractivity contribution in [1.82, 2.24) is 63.8 Å². The van der Waals surface area contributed by atoms with Crippen molar-refractivity contribution in [3.05, 3.63) is 71.8 Å². The van der Waals surface area contributed by atoms with Gasteiger partial charge in [0.25, 0.3) is 0 Å². The normalized spacial score (nSPS) is 15.8. The molecule has 0 aliphatic heterocycles. The maximum absolute atomic E-state index is 14.6. The molecule has 2 aromatic carbocycles. The number of hydrogen-bond donors (Lipinski definition) is 22. The third-order valence-electron chi connectivity index (χ3n) is 16.2. The highest BCUT2D eigenvalue weighted by atomic mass is 32.1. The number of carbonyl (C=O) groups is 16. The summed E-state index contributed by atoms with van der Waals surface area (Å²) in [6.07, 6.45) is -8.33. The highest BCUT2D eigenvalue weighted by Crippen LogP contribution is 2.14. The number of unbranched alkanes of at least 4 members (excludes halogenated alkanes) is 1. The van der Waals surface area contributed by atoms with E-state index in [4.69, 9.17) is 17.2 Å². The van der Waals surface area contributed by atoms with Gasteiger partial charge in [0.15, 0.2) is 0 Å². The average Bonchev–Trinajstić information content (AvgIpc) is 0.851. The van der Waals surface area contributed by atoms with Crippen molar-refractivity contribution in [3.8, 4) is 0 Å². The van der Waals surface area contributed by atoms with Crippen LogP contribution in [-0.4, -0.2) is 234 Å². The van der Waals surface area contributed by atoms with Gasteiger partial charge in [0.2, 0.25) is 76.8 Å². The maximum atomic E-state index is 14.6. The van der Waals surface area contributed by atoms with Crippen LogP contribution < -0.4 is 81.0 Å². The summed E-state index contributed by atoms with van der Waals surface area (Å²) < 4.78 is 0. The molecule has 0 radical (unpaired) electrons. The lowest BCUT2D eigenvalue weighted by atomic mass is 9.99. The van der Waals surface area contributed by atoms with Gasteiger partial charge in [-0.05, 0) is 81.9 Å². The van der Waals surface area contributed by atoms with Crippen LogP contribution in [0.1, 0.15) is 118 Å². The van der Waals surface area contributed by atoms with E-state index in [-0.39, 0.29) is 25.8 Å². The number of amides is 13. The number of carboxylic acids is 3. The topological polar surface area (TPSA) is 617 Å². The Morgan fingerprint density at radius 2 is 0.695 bits per heavy atom. The average molecular weight is 1500 g/mol. The van der Waals surface area contributed by atoms with E-state index in [0.717, 1.165) is 13.8 Å². The second kappa shape index (κ2) is 45.4. The van der Waals surface area contributed by atoms with Gasteiger partial charge in [-0.1, -0.05) is 102 Å². The summed E-state index contributed by atoms with van der Waals surface area (Å²) in [4.78, 5) is 216. The molecule has 16 atom stereocenters. The Bertz CT molecular complexity index is 3310. The number of thiol groups is 1. The molecule has 0 aliphatic rings. The number of aliphatic hydroxyl groups is 3. The van der Waals surface area contributed by atoms with Gasteiger partial charge in [-0.25, -0.2) is 4.79 Å². The molecule has 0 saturated heterocycles. The van der Waals surface area contributed by atoms with Crippen LogP contribution in [0.5, 0.6) is 0 Å². The maximum Gasteiger partial charge on any atom is 0.326 e. The van der Waals surface area contributed by atoms with E-state index in [1.807, 2.05) is 0 Å².